The average molecular weight is 166 g/mol. The Morgan fingerprint density at radius 2 is 2.08 bits per heavy atom. The molecule has 66 valence electrons. The highest BCUT2D eigenvalue weighted by Crippen LogP contribution is 2.52. The lowest BCUT2D eigenvalue weighted by atomic mass is 9.87. The molecule has 0 amide bonds. The number of hydrogen-bond acceptors (Lipinski definition) is 2. The number of fused-ring (bicyclic) bond motifs is 5. The molecule has 3 rings (SSSR count). The maximum absolute atomic E-state index is 11.4. The van der Waals surface area contributed by atoms with E-state index >= 15 is 0 Å². The van der Waals surface area contributed by atoms with Crippen molar-refractivity contribution in [2.45, 2.75) is 25.7 Å². The number of rotatable bonds is 0. The Morgan fingerprint density at radius 3 is 3.00 bits per heavy atom. The lowest BCUT2D eigenvalue weighted by Crippen LogP contribution is -2.17. The number of esters is 1. The van der Waals surface area contributed by atoms with Crippen LogP contribution in [0.2, 0.25) is 0 Å². The molecule has 0 radical (unpaired) electrons. The minimum atomic E-state index is 0.106. The highest BCUT2D eigenvalue weighted by Gasteiger charge is 2.52. The van der Waals surface area contributed by atoms with E-state index in [9.17, 15) is 4.79 Å². The molecule has 0 aromatic carbocycles. The molecule has 1 aliphatic heterocycles. The molecule has 12 heavy (non-hydrogen) atoms. The van der Waals surface area contributed by atoms with E-state index in [0.29, 0.717) is 17.8 Å². The van der Waals surface area contributed by atoms with Gasteiger partial charge in [0.2, 0.25) is 0 Å². The van der Waals surface area contributed by atoms with Gasteiger partial charge in [-0.15, -0.1) is 0 Å². The first-order chi connectivity index (χ1) is 5.86. The van der Waals surface area contributed by atoms with Crippen LogP contribution < -0.4 is 0 Å². The minimum Gasteiger partial charge on any atom is -0.465 e. The number of ether oxygens (including phenoxy) is 1. The van der Waals surface area contributed by atoms with Crippen molar-refractivity contribution in [2.24, 2.45) is 23.7 Å². The second kappa shape index (κ2) is 2.24. The zero-order chi connectivity index (χ0) is 8.13. The SMILES string of the molecule is O=C1OCC2C3CCCC(C3)C12. The standard InChI is InChI=1S/C10H14O2/c11-10-9-7-3-1-2-6(4-7)8(9)5-12-10/h6-9H,1-5H2. The summed E-state index contributed by atoms with van der Waals surface area (Å²) in [5.41, 5.74) is 0. The Morgan fingerprint density at radius 1 is 1.25 bits per heavy atom. The molecule has 4 atom stereocenters. The fourth-order valence-corrected chi connectivity index (χ4v) is 3.51. The fraction of sp³-hybridized carbons (Fsp3) is 0.900. The molecule has 3 aliphatic rings. The summed E-state index contributed by atoms with van der Waals surface area (Å²) >= 11 is 0. The average Bonchev–Trinajstić information content (AvgIpc) is 2.57. The number of hydrogen-bond donors (Lipinski definition) is 0. The van der Waals surface area contributed by atoms with Crippen LogP contribution in [0.25, 0.3) is 0 Å². The van der Waals surface area contributed by atoms with Crippen molar-refractivity contribution in [3.8, 4) is 0 Å². The Labute approximate surface area is 72.3 Å². The van der Waals surface area contributed by atoms with Crippen LogP contribution in [0.15, 0.2) is 0 Å². The Balaban J connectivity index is 1.94. The highest BCUT2D eigenvalue weighted by molar-refractivity contribution is 5.75. The third-order valence-electron chi connectivity index (χ3n) is 4.02. The van der Waals surface area contributed by atoms with E-state index in [-0.39, 0.29) is 5.97 Å². The van der Waals surface area contributed by atoms with Crippen LogP contribution in [0, 0.1) is 23.7 Å². The van der Waals surface area contributed by atoms with Crippen LogP contribution in [-0.4, -0.2) is 12.6 Å². The molecular weight excluding hydrogens is 152 g/mol. The van der Waals surface area contributed by atoms with Crippen LogP contribution >= 0.6 is 0 Å². The third kappa shape index (κ3) is 0.732. The quantitative estimate of drug-likeness (QED) is 0.511. The van der Waals surface area contributed by atoms with Crippen LogP contribution in [0.3, 0.4) is 0 Å². The van der Waals surface area contributed by atoms with Crippen molar-refractivity contribution in [1.29, 1.82) is 0 Å². The second-order valence-electron chi connectivity index (χ2n) is 4.51. The molecule has 2 heteroatoms. The predicted octanol–water partition coefficient (Wildman–Crippen LogP) is 1.60. The van der Waals surface area contributed by atoms with Crippen LogP contribution in [-0.2, 0) is 9.53 Å². The van der Waals surface area contributed by atoms with Crippen molar-refractivity contribution in [3.63, 3.8) is 0 Å². The molecule has 0 spiro atoms. The third-order valence-corrected chi connectivity index (χ3v) is 4.02. The van der Waals surface area contributed by atoms with Crippen molar-refractivity contribution < 1.29 is 9.53 Å². The van der Waals surface area contributed by atoms with Crippen LogP contribution in [0.4, 0.5) is 0 Å². The van der Waals surface area contributed by atoms with Crippen molar-refractivity contribution in [1.82, 2.24) is 0 Å². The van der Waals surface area contributed by atoms with Crippen molar-refractivity contribution in [3.05, 3.63) is 0 Å². The van der Waals surface area contributed by atoms with Crippen LogP contribution in [0.5, 0.6) is 0 Å². The van der Waals surface area contributed by atoms with E-state index < -0.39 is 0 Å². The normalized spacial score (nSPS) is 50.5. The van der Waals surface area contributed by atoms with Gasteiger partial charge in [-0.2, -0.15) is 0 Å². The summed E-state index contributed by atoms with van der Waals surface area (Å²) in [7, 11) is 0. The van der Waals surface area contributed by atoms with E-state index in [0.717, 1.165) is 12.5 Å². The summed E-state index contributed by atoms with van der Waals surface area (Å²) in [5.74, 6) is 2.51. The smallest absolute Gasteiger partial charge is 0.309 e. The van der Waals surface area contributed by atoms with Gasteiger partial charge in [0, 0.05) is 5.92 Å². The van der Waals surface area contributed by atoms with Gasteiger partial charge in [0.15, 0.2) is 0 Å². The summed E-state index contributed by atoms with van der Waals surface area (Å²) < 4.78 is 5.12. The summed E-state index contributed by atoms with van der Waals surface area (Å²) in [6.45, 7) is 0.727. The molecular formula is C10H14O2. The largest absolute Gasteiger partial charge is 0.465 e. The Hall–Kier alpha value is -0.530. The molecule has 0 aromatic heterocycles. The molecule has 0 aromatic rings. The van der Waals surface area contributed by atoms with Gasteiger partial charge in [0.05, 0.1) is 12.5 Å². The van der Waals surface area contributed by atoms with Gasteiger partial charge >= 0.3 is 5.97 Å². The number of cyclic esters (lactones) is 1. The first kappa shape index (κ1) is 6.93. The summed E-state index contributed by atoms with van der Waals surface area (Å²) in [6, 6.07) is 0. The second-order valence-corrected chi connectivity index (χ2v) is 4.51. The zero-order valence-electron chi connectivity index (χ0n) is 7.16. The topological polar surface area (TPSA) is 26.3 Å². The molecule has 4 unspecified atom stereocenters. The summed E-state index contributed by atoms with van der Waals surface area (Å²) in [4.78, 5) is 11.4. The number of carbonyl (C=O) groups excluding carboxylic acids is 1. The molecule has 2 bridgehead atoms. The molecule has 3 fully saturated rings. The van der Waals surface area contributed by atoms with Gasteiger partial charge in [0.25, 0.3) is 0 Å². The zero-order valence-corrected chi connectivity index (χ0v) is 7.16. The Kier molecular flexibility index (Phi) is 1.29. The molecule has 2 nitrogen and oxygen atoms in total. The van der Waals surface area contributed by atoms with Gasteiger partial charge in [0.1, 0.15) is 0 Å². The van der Waals surface area contributed by atoms with E-state index in [1.807, 2.05) is 0 Å². The lowest BCUT2D eigenvalue weighted by Gasteiger charge is -2.20. The summed E-state index contributed by atoms with van der Waals surface area (Å²) in [6.07, 6.45) is 5.26. The molecule has 0 N–H and O–H groups in total. The van der Waals surface area contributed by atoms with Gasteiger partial charge in [-0.1, -0.05) is 12.8 Å². The molecule has 2 saturated carbocycles. The maximum Gasteiger partial charge on any atom is 0.309 e. The fourth-order valence-electron chi connectivity index (χ4n) is 3.51. The van der Waals surface area contributed by atoms with Crippen LogP contribution in [0.1, 0.15) is 25.7 Å². The monoisotopic (exact) mass is 166 g/mol. The number of carbonyl (C=O) groups is 1. The first-order valence-electron chi connectivity index (χ1n) is 5.03. The van der Waals surface area contributed by atoms with E-state index in [2.05, 4.69) is 0 Å². The van der Waals surface area contributed by atoms with E-state index in [1.54, 1.807) is 0 Å². The predicted molar refractivity (Wildman–Crippen MR) is 43.4 cm³/mol. The highest BCUT2D eigenvalue weighted by atomic mass is 16.5. The van der Waals surface area contributed by atoms with E-state index in [4.69, 9.17) is 4.74 Å². The molecule has 2 aliphatic carbocycles. The molecule has 1 heterocycles. The van der Waals surface area contributed by atoms with E-state index in [1.165, 1.54) is 25.7 Å². The lowest BCUT2D eigenvalue weighted by molar-refractivity contribution is -0.142. The Bertz CT molecular complexity index is 224. The van der Waals surface area contributed by atoms with Crippen molar-refractivity contribution in [2.75, 3.05) is 6.61 Å². The van der Waals surface area contributed by atoms with Crippen molar-refractivity contribution >= 4 is 5.97 Å². The maximum atomic E-state index is 11.4. The van der Waals surface area contributed by atoms with Gasteiger partial charge in [-0.05, 0) is 24.7 Å². The van der Waals surface area contributed by atoms with Gasteiger partial charge < -0.3 is 4.74 Å². The molecule has 1 saturated heterocycles. The first-order valence-corrected chi connectivity index (χ1v) is 5.03. The minimum absolute atomic E-state index is 0.106. The van der Waals surface area contributed by atoms with Gasteiger partial charge in [-0.3, -0.25) is 4.79 Å². The van der Waals surface area contributed by atoms with Gasteiger partial charge in [-0.25, -0.2) is 0 Å². The summed E-state index contributed by atoms with van der Waals surface area (Å²) in [5, 5.41) is 0.